The fraction of sp³-hybridized carbons (Fsp3) is 0.353. The summed E-state index contributed by atoms with van der Waals surface area (Å²) in [7, 11) is -1.66. The first-order valence-corrected chi connectivity index (χ1v) is 10.8. The van der Waals surface area contributed by atoms with E-state index in [9.17, 15) is 0 Å². The SMILES string of the molecule is Cc1ccc(N=CCc2nccnc2C)c(O[Si](C)(C)C)c1. The number of benzene rings is 1. The van der Waals surface area contributed by atoms with Crippen LogP contribution in [-0.4, -0.2) is 24.5 Å². The highest BCUT2D eigenvalue weighted by atomic mass is 28.4. The highest BCUT2D eigenvalue weighted by Crippen LogP contribution is 2.30. The maximum absolute atomic E-state index is 6.14. The molecule has 0 aliphatic rings. The number of nitrogens with zero attached hydrogens (tertiary/aromatic N) is 3. The van der Waals surface area contributed by atoms with Gasteiger partial charge in [-0.1, -0.05) is 6.07 Å². The van der Waals surface area contributed by atoms with Crippen molar-refractivity contribution < 1.29 is 4.43 Å². The first-order valence-electron chi connectivity index (χ1n) is 7.44. The maximum Gasteiger partial charge on any atom is 0.242 e. The van der Waals surface area contributed by atoms with Crippen molar-refractivity contribution in [3.05, 3.63) is 47.5 Å². The van der Waals surface area contributed by atoms with E-state index in [-0.39, 0.29) is 0 Å². The molecule has 1 heterocycles. The van der Waals surface area contributed by atoms with Crippen molar-refractivity contribution in [3.63, 3.8) is 0 Å². The van der Waals surface area contributed by atoms with Crippen molar-refractivity contribution in [2.45, 2.75) is 39.9 Å². The van der Waals surface area contributed by atoms with Crippen molar-refractivity contribution in [1.29, 1.82) is 0 Å². The standard InChI is InChI=1S/C17H23N3OSi/c1-13-6-7-16(17(12-13)21-22(3,4)5)19-9-8-15-14(2)18-10-11-20-15/h6-7,9-12H,8H2,1-5H3. The summed E-state index contributed by atoms with van der Waals surface area (Å²) in [5.41, 5.74) is 3.94. The van der Waals surface area contributed by atoms with E-state index in [0.29, 0.717) is 6.42 Å². The predicted molar refractivity (Wildman–Crippen MR) is 93.8 cm³/mol. The molecule has 0 fully saturated rings. The van der Waals surface area contributed by atoms with Crippen molar-refractivity contribution >= 4 is 20.2 Å². The van der Waals surface area contributed by atoms with Gasteiger partial charge in [0.1, 0.15) is 11.4 Å². The van der Waals surface area contributed by atoms with Crippen LogP contribution >= 0.6 is 0 Å². The molecule has 4 nitrogen and oxygen atoms in total. The number of rotatable bonds is 5. The smallest absolute Gasteiger partial charge is 0.242 e. The summed E-state index contributed by atoms with van der Waals surface area (Å²) in [6, 6.07) is 6.11. The molecule has 0 unspecified atom stereocenters. The Kier molecular flexibility index (Phi) is 5.08. The van der Waals surface area contributed by atoms with Gasteiger partial charge < -0.3 is 4.43 Å². The molecule has 0 radical (unpaired) electrons. The summed E-state index contributed by atoms with van der Waals surface area (Å²) < 4.78 is 6.14. The Hall–Kier alpha value is -2.01. The molecule has 0 saturated heterocycles. The largest absolute Gasteiger partial charge is 0.543 e. The monoisotopic (exact) mass is 313 g/mol. The maximum atomic E-state index is 6.14. The minimum Gasteiger partial charge on any atom is -0.543 e. The van der Waals surface area contributed by atoms with Gasteiger partial charge in [0.15, 0.2) is 0 Å². The molecule has 0 amide bonds. The molecule has 116 valence electrons. The highest BCUT2D eigenvalue weighted by Gasteiger charge is 2.18. The lowest BCUT2D eigenvalue weighted by Gasteiger charge is -2.20. The third-order valence-corrected chi connectivity index (χ3v) is 3.86. The van der Waals surface area contributed by atoms with Crippen LogP contribution in [0, 0.1) is 13.8 Å². The minimum atomic E-state index is -1.66. The lowest BCUT2D eigenvalue weighted by atomic mass is 10.2. The van der Waals surface area contributed by atoms with E-state index in [2.05, 4.69) is 53.7 Å². The summed E-state index contributed by atoms with van der Waals surface area (Å²) in [6.07, 6.45) is 5.95. The van der Waals surface area contributed by atoms with Crippen LogP contribution in [0.1, 0.15) is 17.0 Å². The van der Waals surface area contributed by atoms with Gasteiger partial charge in [-0.05, 0) is 51.2 Å². The van der Waals surface area contributed by atoms with E-state index < -0.39 is 8.32 Å². The second-order valence-electron chi connectivity index (χ2n) is 6.29. The summed E-state index contributed by atoms with van der Waals surface area (Å²) >= 11 is 0. The molecule has 2 rings (SSSR count). The van der Waals surface area contributed by atoms with Crippen LogP contribution < -0.4 is 4.43 Å². The Morgan fingerprint density at radius 2 is 1.86 bits per heavy atom. The zero-order valence-electron chi connectivity index (χ0n) is 13.9. The molecular formula is C17H23N3OSi. The lowest BCUT2D eigenvalue weighted by Crippen LogP contribution is -2.29. The van der Waals surface area contributed by atoms with E-state index >= 15 is 0 Å². The number of hydrogen-bond donors (Lipinski definition) is 0. The van der Waals surface area contributed by atoms with Crippen LogP contribution in [0.3, 0.4) is 0 Å². The first-order chi connectivity index (χ1) is 10.3. The van der Waals surface area contributed by atoms with E-state index in [4.69, 9.17) is 4.43 Å². The molecule has 5 heteroatoms. The quantitative estimate of drug-likeness (QED) is 0.612. The molecule has 0 spiro atoms. The third-order valence-electron chi connectivity index (χ3n) is 3.03. The lowest BCUT2D eigenvalue weighted by molar-refractivity contribution is 0.558. The molecule has 0 N–H and O–H groups in total. The van der Waals surface area contributed by atoms with Crippen molar-refractivity contribution in [3.8, 4) is 5.75 Å². The molecule has 1 aromatic carbocycles. The van der Waals surface area contributed by atoms with Gasteiger partial charge >= 0.3 is 0 Å². The summed E-state index contributed by atoms with van der Waals surface area (Å²) in [4.78, 5) is 13.1. The second-order valence-corrected chi connectivity index (χ2v) is 10.7. The van der Waals surface area contributed by atoms with Crippen molar-refractivity contribution in [2.75, 3.05) is 0 Å². The summed E-state index contributed by atoms with van der Waals surface area (Å²) in [5.74, 6) is 0.867. The highest BCUT2D eigenvalue weighted by molar-refractivity contribution is 6.70. The van der Waals surface area contributed by atoms with Gasteiger partial charge in [-0.3, -0.25) is 15.0 Å². The van der Waals surface area contributed by atoms with E-state index in [1.807, 2.05) is 19.2 Å². The van der Waals surface area contributed by atoms with Gasteiger partial charge in [0.2, 0.25) is 8.32 Å². The molecule has 1 aromatic heterocycles. The van der Waals surface area contributed by atoms with Crippen LogP contribution in [0.4, 0.5) is 5.69 Å². The fourth-order valence-corrected chi connectivity index (χ4v) is 2.83. The van der Waals surface area contributed by atoms with Crippen molar-refractivity contribution in [1.82, 2.24) is 9.97 Å². The normalized spacial score (nSPS) is 11.9. The first kappa shape index (κ1) is 16.4. The van der Waals surface area contributed by atoms with Crippen LogP contribution in [-0.2, 0) is 6.42 Å². The Labute approximate surface area is 133 Å². The predicted octanol–water partition coefficient (Wildman–Crippen LogP) is 4.25. The summed E-state index contributed by atoms with van der Waals surface area (Å²) in [6.45, 7) is 10.5. The zero-order valence-corrected chi connectivity index (χ0v) is 14.9. The topological polar surface area (TPSA) is 47.4 Å². The van der Waals surface area contributed by atoms with Crippen LogP contribution in [0.25, 0.3) is 0 Å². The average Bonchev–Trinajstić information content (AvgIpc) is 2.41. The van der Waals surface area contributed by atoms with E-state index in [1.165, 1.54) is 5.56 Å². The Bertz CT molecular complexity index is 678. The number of hydrogen-bond acceptors (Lipinski definition) is 4. The van der Waals surface area contributed by atoms with Crippen LogP contribution in [0.15, 0.2) is 35.6 Å². The fourth-order valence-electron chi connectivity index (χ4n) is 2.01. The molecule has 0 aliphatic heterocycles. The van der Waals surface area contributed by atoms with Crippen LogP contribution in [0.5, 0.6) is 5.75 Å². The molecule has 0 saturated carbocycles. The number of aromatic nitrogens is 2. The van der Waals surface area contributed by atoms with Gasteiger partial charge in [0, 0.05) is 25.0 Å². The van der Waals surface area contributed by atoms with Crippen molar-refractivity contribution in [2.24, 2.45) is 4.99 Å². The van der Waals surface area contributed by atoms with E-state index in [1.54, 1.807) is 12.4 Å². The van der Waals surface area contributed by atoms with Crippen LogP contribution in [0.2, 0.25) is 19.6 Å². The molecule has 2 aromatic rings. The van der Waals surface area contributed by atoms with Gasteiger partial charge in [0.25, 0.3) is 0 Å². The van der Waals surface area contributed by atoms with Gasteiger partial charge in [0.05, 0.1) is 11.4 Å². The van der Waals surface area contributed by atoms with Gasteiger partial charge in [-0.2, -0.15) is 0 Å². The van der Waals surface area contributed by atoms with Gasteiger partial charge in [-0.25, -0.2) is 0 Å². The molecular weight excluding hydrogens is 290 g/mol. The number of aliphatic imine (C=N–C) groups is 1. The van der Waals surface area contributed by atoms with E-state index in [0.717, 1.165) is 22.8 Å². The average molecular weight is 313 g/mol. The molecule has 0 bridgehead atoms. The molecule has 0 atom stereocenters. The van der Waals surface area contributed by atoms with Gasteiger partial charge in [-0.15, -0.1) is 0 Å². The zero-order chi connectivity index (χ0) is 16.2. The third kappa shape index (κ3) is 4.77. The minimum absolute atomic E-state index is 0.667. The number of aryl methyl sites for hydroxylation is 2. The molecule has 0 aliphatic carbocycles. The Balaban J connectivity index is 2.18. The summed E-state index contributed by atoms with van der Waals surface area (Å²) in [5, 5.41) is 0. The molecule has 22 heavy (non-hydrogen) atoms. The second kappa shape index (κ2) is 6.83. The Morgan fingerprint density at radius 3 is 2.55 bits per heavy atom. The Morgan fingerprint density at radius 1 is 1.14 bits per heavy atom.